The van der Waals surface area contributed by atoms with E-state index in [1.165, 1.54) is 0 Å². The molecular formula is C12H16ClNO2S. The number of carbonyl (C=O) groups excluding carboxylic acids is 1. The van der Waals surface area contributed by atoms with E-state index in [1.54, 1.807) is 24.5 Å². The Bertz CT molecular complexity index is 423. The highest BCUT2D eigenvalue weighted by molar-refractivity contribution is 7.84. The fourth-order valence-corrected chi connectivity index (χ4v) is 1.74. The molecule has 0 aliphatic carbocycles. The SMILES string of the molecule is CC(CNC(=O)c1cccc(CCl)c1)S(C)=O. The van der Waals surface area contributed by atoms with Gasteiger partial charge in [-0.2, -0.15) is 0 Å². The smallest absolute Gasteiger partial charge is 0.251 e. The lowest BCUT2D eigenvalue weighted by Gasteiger charge is -2.10. The first-order valence-corrected chi connectivity index (χ1v) is 7.45. The zero-order valence-corrected chi connectivity index (χ0v) is 11.5. The minimum atomic E-state index is -0.925. The molecule has 0 spiro atoms. The highest BCUT2D eigenvalue weighted by Gasteiger charge is 2.10. The molecule has 0 saturated carbocycles. The van der Waals surface area contributed by atoms with Crippen molar-refractivity contribution in [2.45, 2.75) is 18.1 Å². The van der Waals surface area contributed by atoms with Gasteiger partial charge in [0.2, 0.25) is 0 Å². The predicted octanol–water partition coefficient (Wildman–Crippen LogP) is 1.92. The van der Waals surface area contributed by atoms with Gasteiger partial charge in [-0.05, 0) is 24.6 Å². The van der Waals surface area contributed by atoms with Gasteiger partial charge < -0.3 is 5.32 Å². The van der Waals surface area contributed by atoms with Crippen LogP contribution < -0.4 is 5.32 Å². The van der Waals surface area contributed by atoms with E-state index in [1.807, 2.05) is 13.0 Å². The van der Waals surface area contributed by atoms with Crippen LogP contribution in [0.1, 0.15) is 22.8 Å². The molecule has 3 nitrogen and oxygen atoms in total. The number of halogens is 1. The fourth-order valence-electron chi connectivity index (χ4n) is 1.25. The lowest BCUT2D eigenvalue weighted by Crippen LogP contribution is -2.32. The van der Waals surface area contributed by atoms with E-state index < -0.39 is 10.8 Å². The lowest BCUT2D eigenvalue weighted by molar-refractivity contribution is 0.0954. The quantitative estimate of drug-likeness (QED) is 0.833. The molecule has 0 saturated heterocycles. The van der Waals surface area contributed by atoms with Gasteiger partial charge in [0.05, 0.1) is 0 Å². The van der Waals surface area contributed by atoms with E-state index >= 15 is 0 Å². The number of benzene rings is 1. The number of nitrogens with one attached hydrogen (secondary N) is 1. The summed E-state index contributed by atoms with van der Waals surface area (Å²) in [5.74, 6) is 0.227. The van der Waals surface area contributed by atoms with Gasteiger partial charge in [-0.1, -0.05) is 12.1 Å². The fraction of sp³-hybridized carbons (Fsp3) is 0.417. The Morgan fingerprint density at radius 3 is 2.82 bits per heavy atom. The maximum absolute atomic E-state index is 11.8. The molecule has 0 fully saturated rings. The second-order valence-corrected chi connectivity index (χ2v) is 5.92. The largest absolute Gasteiger partial charge is 0.351 e. The van der Waals surface area contributed by atoms with Gasteiger partial charge >= 0.3 is 0 Å². The van der Waals surface area contributed by atoms with Crippen LogP contribution in [0.5, 0.6) is 0 Å². The second kappa shape index (κ2) is 6.77. The summed E-state index contributed by atoms with van der Waals surface area (Å²) in [5, 5.41) is 2.71. The Balaban J connectivity index is 2.60. The maximum atomic E-state index is 11.8. The van der Waals surface area contributed by atoms with Crippen molar-refractivity contribution in [3.8, 4) is 0 Å². The first-order chi connectivity index (χ1) is 8.04. The van der Waals surface area contributed by atoms with Crippen molar-refractivity contribution < 1.29 is 9.00 Å². The van der Waals surface area contributed by atoms with Gasteiger partial charge in [0.25, 0.3) is 5.91 Å². The molecule has 0 radical (unpaired) electrons. The normalized spacial score (nSPS) is 14.1. The molecule has 0 aromatic heterocycles. The third kappa shape index (κ3) is 4.48. The summed E-state index contributed by atoms with van der Waals surface area (Å²) in [5.41, 5.74) is 1.49. The molecule has 0 bridgehead atoms. The number of rotatable bonds is 5. The summed E-state index contributed by atoms with van der Waals surface area (Å²) < 4.78 is 11.1. The molecule has 0 aliphatic rings. The van der Waals surface area contributed by atoms with E-state index in [0.717, 1.165) is 5.56 Å². The maximum Gasteiger partial charge on any atom is 0.251 e. The molecule has 0 aliphatic heterocycles. The molecule has 1 aromatic carbocycles. The number of hydrogen-bond donors (Lipinski definition) is 1. The Kier molecular flexibility index (Phi) is 5.65. The van der Waals surface area contributed by atoms with E-state index in [0.29, 0.717) is 18.0 Å². The van der Waals surface area contributed by atoms with Gasteiger partial charge in [0, 0.05) is 40.3 Å². The van der Waals surface area contributed by atoms with Crippen molar-refractivity contribution >= 4 is 28.3 Å². The molecular weight excluding hydrogens is 258 g/mol. The molecule has 1 aromatic rings. The van der Waals surface area contributed by atoms with Crippen LogP contribution in [0.2, 0.25) is 0 Å². The summed E-state index contributed by atoms with van der Waals surface area (Å²) >= 11 is 5.70. The van der Waals surface area contributed by atoms with Crippen LogP contribution >= 0.6 is 11.6 Å². The van der Waals surface area contributed by atoms with Gasteiger partial charge in [0.1, 0.15) is 0 Å². The van der Waals surface area contributed by atoms with Crippen molar-refractivity contribution in [2.24, 2.45) is 0 Å². The van der Waals surface area contributed by atoms with Crippen molar-refractivity contribution in [1.29, 1.82) is 0 Å². The van der Waals surface area contributed by atoms with Gasteiger partial charge in [0.15, 0.2) is 0 Å². The molecule has 0 heterocycles. The van der Waals surface area contributed by atoms with Crippen LogP contribution in [0.3, 0.4) is 0 Å². The average molecular weight is 274 g/mol. The predicted molar refractivity (Wildman–Crippen MR) is 71.9 cm³/mol. The Morgan fingerprint density at radius 1 is 1.53 bits per heavy atom. The van der Waals surface area contributed by atoms with Crippen LogP contribution in [0.4, 0.5) is 0 Å². The van der Waals surface area contributed by atoms with Gasteiger partial charge in [-0.25, -0.2) is 0 Å². The third-order valence-electron chi connectivity index (χ3n) is 2.46. The standard InChI is InChI=1S/C12H16ClNO2S/c1-9(17(2)16)8-14-12(15)11-5-3-4-10(6-11)7-13/h3-6,9H,7-8H2,1-2H3,(H,14,15). The summed E-state index contributed by atoms with van der Waals surface area (Å²) in [4.78, 5) is 11.8. The molecule has 17 heavy (non-hydrogen) atoms. The second-order valence-electron chi connectivity index (χ2n) is 3.85. The molecule has 1 rings (SSSR count). The highest BCUT2D eigenvalue weighted by atomic mass is 35.5. The minimum Gasteiger partial charge on any atom is -0.351 e. The Morgan fingerprint density at radius 2 is 2.24 bits per heavy atom. The lowest BCUT2D eigenvalue weighted by atomic mass is 10.1. The van der Waals surface area contributed by atoms with Crippen molar-refractivity contribution in [1.82, 2.24) is 5.32 Å². The van der Waals surface area contributed by atoms with E-state index in [9.17, 15) is 9.00 Å². The van der Waals surface area contributed by atoms with Crippen LogP contribution in [0, 0.1) is 0 Å². The van der Waals surface area contributed by atoms with Gasteiger partial charge in [-0.15, -0.1) is 11.6 Å². The van der Waals surface area contributed by atoms with Crippen LogP contribution in [0.15, 0.2) is 24.3 Å². The van der Waals surface area contributed by atoms with Gasteiger partial charge in [-0.3, -0.25) is 9.00 Å². The zero-order chi connectivity index (χ0) is 12.8. The number of amides is 1. The van der Waals surface area contributed by atoms with Crippen molar-refractivity contribution in [3.05, 3.63) is 35.4 Å². The monoisotopic (exact) mass is 273 g/mol. The van der Waals surface area contributed by atoms with E-state index in [2.05, 4.69) is 5.32 Å². The topological polar surface area (TPSA) is 46.2 Å². The summed E-state index contributed by atoms with van der Waals surface area (Å²) in [6, 6.07) is 7.16. The van der Waals surface area contributed by atoms with E-state index in [-0.39, 0.29) is 11.2 Å². The molecule has 2 atom stereocenters. The van der Waals surface area contributed by atoms with E-state index in [4.69, 9.17) is 11.6 Å². The third-order valence-corrected chi connectivity index (χ3v) is 4.07. The highest BCUT2D eigenvalue weighted by Crippen LogP contribution is 2.07. The average Bonchev–Trinajstić information content (AvgIpc) is 2.35. The first kappa shape index (κ1) is 14.2. The Hall–Kier alpha value is -0.870. The molecule has 5 heteroatoms. The Labute approximate surface area is 109 Å². The molecule has 1 amide bonds. The summed E-state index contributed by atoms with van der Waals surface area (Å²) in [7, 11) is -0.925. The number of carbonyl (C=O) groups is 1. The molecule has 2 unspecified atom stereocenters. The van der Waals surface area contributed by atoms with Crippen LogP contribution in [-0.2, 0) is 16.7 Å². The minimum absolute atomic E-state index is 0.0461. The summed E-state index contributed by atoms with van der Waals surface area (Å²) in [6.45, 7) is 2.25. The van der Waals surface area contributed by atoms with Crippen LogP contribution in [-0.4, -0.2) is 28.2 Å². The number of alkyl halides is 1. The van der Waals surface area contributed by atoms with Crippen molar-refractivity contribution in [2.75, 3.05) is 12.8 Å². The number of hydrogen-bond acceptors (Lipinski definition) is 2. The molecule has 94 valence electrons. The summed E-state index contributed by atoms with van der Waals surface area (Å²) in [6.07, 6.45) is 1.63. The van der Waals surface area contributed by atoms with Crippen LogP contribution in [0.25, 0.3) is 0 Å². The first-order valence-electron chi connectivity index (χ1n) is 5.30. The zero-order valence-electron chi connectivity index (χ0n) is 9.90. The van der Waals surface area contributed by atoms with Crippen molar-refractivity contribution in [3.63, 3.8) is 0 Å². The molecule has 1 N–H and O–H groups in total.